The first-order valence-electron chi connectivity index (χ1n) is 6.26. The monoisotopic (exact) mass is 382 g/mol. The zero-order valence-corrected chi connectivity index (χ0v) is 14.5. The maximum Gasteiger partial charge on any atom is 0.262 e. The third-order valence-electron chi connectivity index (χ3n) is 2.88. The number of rotatable bonds is 3. The second-order valence-electron chi connectivity index (χ2n) is 4.31. The second-order valence-corrected chi connectivity index (χ2v) is 7.20. The molecule has 0 atom stereocenters. The summed E-state index contributed by atoms with van der Waals surface area (Å²) in [5, 5.41) is 1.26. The van der Waals surface area contributed by atoms with Gasteiger partial charge in [-0.05, 0) is 55.3 Å². The molecule has 0 bridgehead atoms. The van der Waals surface area contributed by atoms with E-state index in [9.17, 15) is 4.79 Å². The van der Waals surface area contributed by atoms with Crippen LogP contribution in [0.5, 0.6) is 0 Å². The van der Waals surface area contributed by atoms with Gasteiger partial charge in [-0.25, -0.2) is 9.97 Å². The van der Waals surface area contributed by atoms with E-state index in [4.69, 9.17) is 0 Å². The minimum absolute atomic E-state index is 0.0347. The molecule has 2 aromatic heterocycles. The number of fused-ring (bicyclic) bond motifs is 1. The topological polar surface area (TPSA) is 60.7 Å². The number of benzene rings is 1. The summed E-state index contributed by atoms with van der Waals surface area (Å²) in [6.07, 6.45) is 0. The average molecular weight is 383 g/mol. The summed E-state index contributed by atoms with van der Waals surface area (Å²) in [4.78, 5) is 21.5. The van der Waals surface area contributed by atoms with Gasteiger partial charge in [0, 0.05) is 11.0 Å². The van der Waals surface area contributed by atoms with Crippen molar-refractivity contribution in [3.8, 4) is 0 Å². The molecule has 21 heavy (non-hydrogen) atoms. The predicted octanol–water partition coefficient (Wildman–Crippen LogP) is 3.49. The molecule has 0 aliphatic rings. The van der Waals surface area contributed by atoms with E-state index in [1.165, 1.54) is 23.3 Å². The van der Waals surface area contributed by atoms with Crippen LogP contribution in [0.25, 0.3) is 10.9 Å². The van der Waals surface area contributed by atoms with Crippen LogP contribution in [0.4, 0.5) is 0 Å². The van der Waals surface area contributed by atoms with Crippen LogP contribution < -0.4 is 5.56 Å². The summed E-state index contributed by atoms with van der Waals surface area (Å²) in [6, 6.07) is 5.53. The van der Waals surface area contributed by atoms with Gasteiger partial charge in [0.25, 0.3) is 5.56 Å². The van der Waals surface area contributed by atoms with Gasteiger partial charge in [0.15, 0.2) is 9.50 Å². The highest BCUT2D eigenvalue weighted by Gasteiger charge is 2.13. The van der Waals surface area contributed by atoms with Crippen LogP contribution in [0.3, 0.4) is 0 Å². The molecule has 3 rings (SSSR count). The molecule has 3 aromatic rings. The van der Waals surface area contributed by atoms with Gasteiger partial charge in [-0.2, -0.15) is 4.37 Å². The zero-order valence-electron chi connectivity index (χ0n) is 11.3. The number of aromatic nitrogens is 4. The van der Waals surface area contributed by atoms with Crippen molar-refractivity contribution in [1.29, 1.82) is 0 Å². The Kier molecular flexibility index (Phi) is 4.10. The van der Waals surface area contributed by atoms with Crippen LogP contribution in [-0.4, -0.2) is 18.9 Å². The molecule has 1 aromatic carbocycles. The lowest BCUT2D eigenvalue weighted by atomic mass is 10.2. The van der Waals surface area contributed by atoms with E-state index in [1.54, 1.807) is 10.6 Å². The van der Waals surface area contributed by atoms with Gasteiger partial charge in [0.05, 0.1) is 10.9 Å². The number of halogens is 1. The van der Waals surface area contributed by atoms with Gasteiger partial charge in [-0.3, -0.25) is 9.36 Å². The smallest absolute Gasteiger partial charge is 0.262 e. The zero-order chi connectivity index (χ0) is 15.0. The standard InChI is InChI=1S/C13H11BrN4OS2/c1-3-18-11(19)9-6-8(14)4-5-10(9)16-12(18)20-13-15-7(2)17-21-13/h4-6H,3H2,1-2H3. The quantitative estimate of drug-likeness (QED) is 0.648. The summed E-state index contributed by atoms with van der Waals surface area (Å²) in [6.45, 7) is 4.34. The molecular formula is C13H11BrN4OS2. The van der Waals surface area contributed by atoms with E-state index in [0.29, 0.717) is 22.6 Å². The van der Waals surface area contributed by atoms with Crippen molar-refractivity contribution in [2.45, 2.75) is 29.9 Å². The molecule has 8 heteroatoms. The fourth-order valence-corrected chi connectivity index (χ4v) is 4.00. The number of hydrogen-bond donors (Lipinski definition) is 0. The molecule has 5 nitrogen and oxygen atoms in total. The Morgan fingerprint density at radius 2 is 2.19 bits per heavy atom. The lowest BCUT2D eigenvalue weighted by molar-refractivity contribution is 0.634. The Balaban J connectivity index is 2.17. The summed E-state index contributed by atoms with van der Waals surface area (Å²) in [7, 11) is 0. The molecule has 0 saturated carbocycles. The maximum atomic E-state index is 12.6. The van der Waals surface area contributed by atoms with Gasteiger partial charge in [-0.1, -0.05) is 15.9 Å². The molecule has 0 N–H and O–H groups in total. The van der Waals surface area contributed by atoms with Crippen molar-refractivity contribution < 1.29 is 0 Å². The van der Waals surface area contributed by atoms with Crippen LogP contribution in [0.15, 0.2) is 37.0 Å². The molecule has 0 aliphatic heterocycles. The molecule has 0 unspecified atom stereocenters. The van der Waals surface area contributed by atoms with Crippen molar-refractivity contribution in [1.82, 2.24) is 18.9 Å². The molecule has 0 radical (unpaired) electrons. The highest BCUT2D eigenvalue weighted by molar-refractivity contribution is 9.10. The SMILES string of the molecule is CCn1c(Sc2nc(C)ns2)nc2ccc(Br)cc2c1=O. The Hall–Kier alpha value is -1.25. The molecule has 0 spiro atoms. The first-order chi connectivity index (χ1) is 10.1. The second kappa shape index (κ2) is 5.86. The number of nitrogens with zero attached hydrogens (tertiary/aromatic N) is 4. The largest absolute Gasteiger partial charge is 0.287 e. The summed E-state index contributed by atoms with van der Waals surface area (Å²) in [5.41, 5.74) is 0.657. The van der Waals surface area contributed by atoms with Crippen molar-refractivity contribution in [3.05, 3.63) is 38.9 Å². The van der Waals surface area contributed by atoms with Gasteiger partial charge < -0.3 is 0 Å². The Bertz CT molecular complexity index is 874. The fourth-order valence-electron chi connectivity index (χ4n) is 1.93. The molecule has 0 fully saturated rings. The van der Waals surface area contributed by atoms with E-state index in [0.717, 1.165) is 14.6 Å². The Morgan fingerprint density at radius 3 is 2.86 bits per heavy atom. The normalized spacial score (nSPS) is 11.2. The highest BCUT2D eigenvalue weighted by Crippen LogP contribution is 2.28. The van der Waals surface area contributed by atoms with Crippen molar-refractivity contribution >= 4 is 50.1 Å². The first kappa shape index (κ1) is 14.7. The van der Waals surface area contributed by atoms with Crippen LogP contribution in [0, 0.1) is 6.92 Å². The van der Waals surface area contributed by atoms with Gasteiger partial charge in [0.2, 0.25) is 0 Å². The maximum absolute atomic E-state index is 12.6. The molecule has 2 heterocycles. The minimum atomic E-state index is -0.0347. The molecule has 0 amide bonds. The summed E-state index contributed by atoms with van der Waals surface area (Å²) >= 11 is 6.08. The minimum Gasteiger partial charge on any atom is -0.287 e. The number of hydrogen-bond acceptors (Lipinski definition) is 6. The van der Waals surface area contributed by atoms with E-state index in [2.05, 4.69) is 30.3 Å². The highest BCUT2D eigenvalue weighted by atomic mass is 79.9. The fraction of sp³-hybridized carbons (Fsp3) is 0.231. The van der Waals surface area contributed by atoms with E-state index >= 15 is 0 Å². The molecule has 108 valence electrons. The first-order valence-corrected chi connectivity index (χ1v) is 8.65. The van der Waals surface area contributed by atoms with Crippen LogP contribution in [0.1, 0.15) is 12.7 Å². The van der Waals surface area contributed by atoms with Crippen molar-refractivity contribution in [2.75, 3.05) is 0 Å². The van der Waals surface area contributed by atoms with E-state index in [1.807, 2.05) is 26.0 Å². The van der Waals surface area contributed by atoms with Crippen LogP contribution >= 0.6 is 39.2 Å². The average Bonchev–Trinajstić information content (AvgIpc) is 2.86. The van der Waals surface area contributed by atoms with Gasteiger partial charge in [0.1, 0.15) is 5.82 Å². The predicted molar refractivity (Wildman–Crippen MR) is 88.1 cm³/mol. The molecule has 0 saturated heterocycles. The molecule has 0 aliphatic carbocycles. The summed E-state index contributed by atoms with van der Waals surface area (Å²) in [5.74, 6) is 0.734. The van der Waals surface area contributed by atoms with Gasteiger partial charge in [-0.15, -0.1) is 0 Å². The molecular weight excluding hydrogens is 372 g/mol. The lowest BCUT2D eigenvalue weighted by Gasteiger charge is -2.09. The van der Waals surface area contributed by atoms with Crippen LogP contribution in [-0.2, 0) is 6.54 Å². The third kappa shape index (κ3) is 2.88. The summed E-state index contributed by atoms with van der Waals surface area (Å²) < 4.78 is 7.48. The Morgan fingerprint density at radius 1 is 1.38 bits per heavy atom. The lowest BCUT2D eigenvalue weighted by Crippen LogP contribution is -2.22. The van der Waals surface area contributed by atoms with E-state index in [-0.39, 0.29) is 5.56 Å². The third-order valence-corrected chi connectivity index (χ3v) is 5.21. The number of aryl methyl sites for hydroxylation is 1. The van der Waals surface area contributed by atoms with E-state index < -0.39 is 0 Å². The van der Waals surface area contributed by atoms with Gasteiger partial charge >= 0.3 is 0 Å². The van der Waals surface area contributed by atoms with Crippen LogP contribution in [0.2, 0.25) is 0 Å². The van der Waals surface area contributed by atoms with Crippen molar-refractivity contribution in [2.24, 2.45) is 0 Å². The van der Waals surface area contributed by atoms with Crippen molar-refractivity contribution in [3.63, 3.8) is 0 Å². The Labute approximate surface area is 137 Å².